The van der Waals surface area contributed by atoms with E-state index in [-0.39, 0.29) is 17.2 Å². The molecule has 2 aromatic rings. The zero-order valence-corrected chi connectivity index (χ0v) is 21.9. The number of ether oxygens (including phenoxy) is 5. The average molecular weight is 597 g/mol. The lowest BCUT2D eigenvalue weighted by Gasteiger charge is -2.39. The van der Waals surface area contributed by atoms with Crippen LogP contribution in [0.15, 0.2) is 48.5 Å². The third-order valence-corrected chi connectivity index (χ3v) is 6.63. The number of phenols is 2. The number of esters is 1. The molecule has 0 unspecified atom stereocenters. The number of carbonyl (C=O) groups excluding carboxylic acids is 1. The van der Waals surface area contributed by atoms with Gasteiger partial charge in [-0.1, -0.05) is 6.07 Å². The van der Waals surface area contributed by atoms with Gasteiger partial charge in [0.25, 0.3) is 0 Å². The van der Waals surface area contributed by atoms with E-state index in [1.165, 1.54) is 48.5 Å². The predicted molar refractivity (Wildman–Crippen MR) is 138 cm³/mol. The largest absolute Gasteiger partial charge is 0.508 e. The molecule has 0 radical (unpaired) electrons. The zero-order valence-electron chi connectivity index (χ0n) is 21.9. The molecule has 0 bridgehead atoms. The summed E-state index contributed by atoms with van der Waals surface area (Å²) in [6, 6.07) is 9.39. The Bertz CT molecular complexity index is 1220. The van der Waals surface area contributed by atoms with E-state index in [0.29, 0.717) is 5.56 Å². The van der Waals surface area contributed by atoms with Gasteiger partial charge < -0.3 is 69.6 Å². The van der Waals surface area contributed by atoms with Crippen LogP contribution in [0.5, 0.6) is 23.0 Å². The maximum atomic E-state index is 12.3. The number of benzene rings is 2. The van der Waals surface area contributed by atoms with Crippen LogP contribution >= 0.6 is 0 Å². The summed E-state index contributed by atoms with van der Waals surface area (Å²) in [4.78, 5) is 12.3. The van der Waals surface area contributed by atoms with Crippen molar-refractivity contribution in [1.29, 1.82) is 0 Å². The number of rotatable bonds is 9. The molecular formula is C27H32O15. The van der Waals surface area contributed by atoms with Crippen LogP contribution in [0.4, 0.5) is 0 Å². The minimum Gasteiger partial charge on any atom is -0.508 e. The SMILES string of the molecule is O=C(/C=C/c1ccc(O[C@@H]2O[C@@H](CO)[C@H](O)[C@H](O)[C@@H]2O)c(O)c1)OC[C@H]1O[C@@H](Oc2ccc(O)cc2)[C@H](O)[C@H](O)[C@H]1O. The summed E-state index contributed by atoms with van der Waals surface area (Å²) < 4.78 is 26.7. The van der Waals surface area contributed by atoms with Crippen molar-refractivity contribution in [1.82, 2.24) is 0 Å². The summed E-state index contributed by atoms with van der Waals surface area (Å²) in [5.41, 5.74) is 0.320. The molecule has 0 aromatic heterocycles. The van der Waals surface area contributed by atoms with Crippen LogP contribution in [0.3, 0.4) is 0 Å². The second-order valence-corrected chi connectivity index (χ2v) is 9.63. The van der Waals surface area contributed by atoms with E-state index < -0.39 is 86.3 Å². The van der Waals surface area contributed by atoms with E-state index in [2.05, 4.69) is 0 Å². The summed E-state index contributed by atoms with van der Waals surface area (Å²) in [5, 5.41) is 89.5. The molecule has 0 spiro atoms. The standard InChI is InChI=1S/C27H32O15/c28-10-17-20(32)22(34)25(37)27(41-17)40-16-7-1-12(9-15(16)30)2-8-19(31)38-11-18-21(33)23(35)24(36)26(42-18)39-14-5-3-13(29)4-6-14/h1-9,17-18,20-30,32-37H,10-11H2/b8-2+/t17-,18+,20-,21-,22-,23+,24+,25-,26+,27+/m0/s1. The Morgan fingerprint density at radius 1 is 0.762 bits per heavy atom. The smallest absolute Gasteiger partial charge is 0.330 e. The van der Waals surface area contributed by atoms with E-state index in [9.17, 15) is 50.8 Å². The minimum atomic E-state index is -1.68. The van der Waals surface area contributed by atoms with Gasteiger partial charge >= 0.3 is 5.97 Å². The van der Waals surface area contributed by atoms with Crippen LogP contribution in [-0.4, -0.2) is 127 Å². The van der Waals surface area contributed by atoms with Crippen molar-refractivity contribution in [3.8, 4) is 23.0 Å². The lowest BCUT2D eigenvalue weighted by Crippen LogP contribution is -2.60. The number of hydrogen-bond acceptors (Lipinski definition) is 15. The number of aliphatic hydroxyl groups is 7. The Morgan fingerprint density at radius 3 is 1.98 bits per heavy atom. The number of phenolic OH excluding ortho intramolecular Hbond substituents is 2. The van der Waals surface area contributed by atoms with Crippen LogP contribution in [0.1, 0.15) is 5.56 Å². The summed E-state index contributed by atoms with van der Waals surface area (Å²) in [6.07, 6.45) is -12.9. The molecule has 15 heteroatoms. The molecule has 2 saturated heterocycles. The summed E-state index contributed by atoms with van der Waals surface area (Å²) in [5.74, 6) is -1.27. The molecule has 10 atom stereocenters. The van der Waals surface area contributed by atoms with Crippen molar-refractivity contribution in [2.45, 2.75) is 61.4 Å². The predicted octanol–water partition coefficient (Wildman–Crippen LogP) is -2.28. The van der Waals surface area contributed by atoms with Gasteiger partial charge in [-0.15, -0.1) is 0 Å². The molecule has 9 N–H and O–H groups in total. The molecule has 4 rings (SSSR count). The lowest BCUT2D eigenvalue weighted by atomic mass is 9.99. The fourth-order valence-corrected chi connectivity index (χ4v) is 4.21. The number of aromatic hydroxyl groups is 2. The lowest BCUT2D eigenvalue weighted by molar-refractivity contribution is -0.278. The summed E-state index contributed by atoms with van der Waals surface area (Å²) in [7, 11) is 0. The van der Waals surface area contributed by atoms with E-state index in [4.69, 9.17) is 23.7 Å². The van der Waals surface area contributed by atoms with Gasteiger partial charge in [0.1, 0.15) is 66.9 Å². The Kier molecular flexibility index (Phi) is 10.2. The third kappa shape index (κ3) is 7.27. The zero-order chi connectivity index (χ0) is 30.6. The minimum absolute atomic E-state index is 0.0201. The molecule has 0 saturated carbocycles. The number of hydrogen-bond donors (Lipinski definition) is 9. The Hall–Kier alpha value is -3.51. The van der Waals surface area contributed by atoms with Crippen molar-refractivity contribution in [3.63, 3.8) is 0 Å². The van der Waals surface area contributed by atoms with Gasteiger partial charge in [0.05, 0.1) is 6.61 Å². The van der Waals surface area contributed by atoms with Gasteiger partial charge in [-0.05, 0) is 48.0 Å². The fraction of sp³-hybridized carbons (Fsp3) is 0.444. The second-order valence-electron chi connectivity index (χ2n) is 9.63. The average Bonchev–Trinajstić information content (AvgIpc) is 2.98. The highest BCUT2D eigenvalue weighted by Crippen LogP contribution is 2.32. The molecule has 15 nitrogen and oxygen atoms in total. The highest BCUT2D eigenvalue weighted by atomic mass is 16.7. The molecule has 42 heavy (non-hydrogen) atoms. The molecule has 2 aliphatic rings. The molecular weight excluding hydrogens is 564 g/mol. The molecule has 2 aromatic carbocycles. The van der Waals surface area contributed by atoms with Crippen molar-refractivity contribution >= 4 is 12.0 Å². The first kappa shape index (κ1) is 31.4. The Morgan fingerprint density at radius 2 is 1.36 bits per heavy atom. The first-order valence-corrected chi connectivity index (χ1v) is 12.8. The first-order valence-electron chi connectivity index (χ1n) is 12.8. The molecule has 0 aliphatic carbocycles. The monoisotopic (exact) mass is 596 g/mol. The normalized spacial score (nSPS) is 33.3. The van der Waals surface area contributed by atoms with Gasteiger partial charge in [0.15, 0.2) is 11.5 Å². The van der Waals surface area contributed by atoms with Crippen LogP contribution in [0.2, 0.25) is 0 Å². The quantitative estimate of drug-likeness (QED) is 0.109. The van der Waals surface area contributed by atoms with Crippen LogP contribution in [0, 0.1) is 0 Å². The molecule has 230 valence electrons. The molecule has 2 fully saturated rings. The summed E-state index contributed by atoms with van der Waals surface area (Å²) >= 11 is 0. The van der Waals surface area contributed by atoms with E-state index in [1.807, 2.05) is 0 Å². The fourth-order valence-electron chi connectivity index (χ4n) is 4.21. The molecule has 0 amide bonds. The van der Waals surface area contributed by atoms with Gasteiger partial charge in [0, 0.05) is 6.08 Å². The van der Waals surface area contributed by atoms with E-state index in [1.54, 1.807) is 0 Å². The van der Waals surface area contributed by atoms with Crippen LogP contribution in [0.25, 0.3) is 6.08 Å². The third-order valence-electron chi connectivity index (χ3n) is 6.63. The second kappa shape index (κ2) is 13.6. The van der Waals surface area contributed by atoms with Crippen LogP contribution < -0.4 is 9.47 Å². The Labute approximate surface area is 238 Å². The summed E-state index contributed by atoms with van der Waals surface area (Å²) in [6.45, 7) is -1.17. The van der Waals surface area contributed by atoms with Crippen molar-refractivity contribution in [2.24, 2.45) is 0 Å². The topological polar surface area (TPSA) is 245 Å². The van der Waals surface area contributed by atoms with Gasteiger partial charge in [-0.25, -0.2) is 4.79 Å². The van der Waals surface area contributed by atoms with E-state index >= 15 is 0 Å². The first-order chi connectivity index (χ1) is 20.0. The van der Waals surface area contributed by atoms with Crippen LogP contribution in [-0.2, 0) is 19.0 Å². The molecule has 2 aliphatic heterocycles. The van der Waals surface area contributed by atoms with Crippen molar-refractivity contribution in [3.05, 3.63) is 54.1 Å². The van der Waals surface area contributed by atoms with E-state index in [0.717, 1.165) is 6.08 Å². The number of carbonyl (C=O) groups is 1. The maximum absolute atomic E-state index is 12.3. The Balaban J connectivity index is 1.31. The highest BCUT2D eigenvalue weighted by Gasteiger charge is 2.46. The maximum Gasteiger partial charge on any atom is 0.330 e. The van der Waals surface area contributed by atoms with Gasteiger partial charge in [-0.3, -0.25) is 0 Å². The highest BCUT2D eigenvalue weighted by molar-refractivity contribution is 5.87. The van der Waals surface area contributed by atoms with Gasteiger partial charge in [-0.2, -0.15) is 0 Å². The number of aliphatic hydroxyl groups excluding tert-OH is 7. The van der Waals surface area contributed by atoms with Crippen molar-refractivity contribution < 1.29 is 74.4 Å². The molecule has 2 heterocycles. The van der Waals surface area contributed by atoms with Gasteiger partial charge in [0.2, 0.25) is 12.6 Å². The van der Waals surface area contributed by atoms with Crippen molar-refractivity contribution in [2.75, 3.05) is 13.2 Å².